The first-order valence-corrected chi connectivity index (χ1v) is 6.21. The van der Waals surface area contributed by atoms with E-state index in [-0.39, 0.29) is 6.10 Å². The highest BCUT2D eigenvalue weighted by atomic mass is 79.9. The number of aliphatic hydroxyl groups is 1. The Labute approximate surface area is 105 Å². The molecule has 0 heterocycles. The molecule has 0 fully saturated rings. The van der Waals surface area contributed by atoms with E-state index in [1.807, 2.05) is 13.1 Å². The Morgan fingerprint density at radius 2 is 2.19 bits per heavy atom. The van der Waals surface area contributed by atoms with Crippen molar-refractivity contribution in [1.29, 1.82) is 0 Å². The average molecular weight is 287 g/mol. The van der Waals surface area contributed by atoms with Gasteiger partial charge in [0.05, 0.1) is 6.10 Å². The number of anilines is 1. The van der Waals surface area contributed by atoms with Crippen molar-refractivity contribution in [2.24, 2.45) is 5.73 Å². The Balaban J connectivity index is 2.69. The topological polar surface area (TPSA) is 49.5 Å². The summed E-state index contributed by atoms with van der Waals surface area (Å²) in [5, 5.41) is 9.23. The normalized spacial score (nSPS) is 12.6. The SMILES string of the molecule is CC(O)CCN(C)c1ccc(CN)c(Br)c1. The molecular weight excluding hydrogens is 268 g/mol. The standard InChI is InChI=1S/C12H19BrN2O/c1-9(16)5-6-15(2)11-4-3-10(8-14)12(13)7-11/h3-4,7,9,16H,5-6,8,14H2,1-2H3. The van der Waals surface area contributed by atoms with Gasteiger partial charge in [-0.05, 0) is 31.0 Å². The van der Waals surface area contributed by atoms with E-state index in [4.69, 9.17) is 5.73 Å². The highest BCUT2D eigenvalue weighted by Crippen LogP contribution is 2.23. The molecule has 1 atom stereocenters. The minimum Gasteiger partial charge on any atom is -0.393 e. The Bertz CT molecular complexity index is 342. The zero-order valence-electron chi connectivity index (χ0n) is 9.78. The maximum atomic E-state index is 9.23. The fourth-order valence-electron chi connectivity index (χ4n) is 1.45. The summed E-state index contributed by atoms with van der Waals surface area (Å²) < 4.78 is 1.04. The first-order valence-electron chi connectivity index (χ1n) is 5.42. The molecule has 0 aromatic heterocycles. The Kier molecular flexibility index (Phi) is 5.25. The molecule has 1 aromatic carbocycles. The number of aliphatic hydroxyl groups excluding tert-OH is 1. The molecule has 1 rings (SSSR count). The minimum atomic E-state index is -0.255. The predicted octanol–water partition coefficient (Wildman–Crippen LogP) is 2.11. The number of benzene rings is 1. The van der Waals surface area contributed by atoms with Crippen molar-refractivity contribution in [1.82, 2.24) is 0 Å². The molecular formula is C12H19BrN2O. The summed E-state index contributed by atoms with van der Waals surface area (Å²) in [7, 11) is 2.02. The lowest BCUT2D eigenvalue weighted by Gasteiger charge is -2.21. The van der Waals surface area contributed by atoms with Crippen LogP contribution < -0.4 is 10.6 Å². The smallest absolute Gasteiger partial charge is 0.0528 e. The minimum absolute atomic E-state index is 0.255. The summed E-state index contributed by atoms with van der Waals surface area (Å²) in [5.41, 5.74) is 7.83. The van der Waals surface area contributed by atoms with Gasteiger partial charge in [0.15, 0.2) is 0 Å². The number of hydrogen-bond donors (Lipinski definition) is 2. The van der Waals surface area contributed by atoms with Gasteiger partial charge in [-0.25, -0.2) is 0 Å². The van der Waals surface area contributed by atoms with Crippen molar-refractivity contribution >= 4 is 21.6 Å². The lowest BCUT2D eigenvalue weighted by molar-refractivity contribution is 0.187. The summed E-state index contributed by atoms with van der Waals surface area (Å²) in [6.45, 7) is 3.19. The summed E-state index contributed by atoms with van der Waals surface area (Å²) in [6.07, 6.45) is 0.515. The molecule has 0 saturated heterocycles. The zero-order chi connectivity index (χ0) is 12.1. The molecule has 0 saturated carbocycles. The number of hydrogen-bond acceptors (Lipinski definition) is 3. The molecule has 3 nitrogen and oxygen atoms in total. The third kappa shape index (κ3) is 3.77. The van der Waals surface area contributed by atoms with Crippen LogP contribution in [0, 0.1) is 0 Å². The molecule has 90 valence electrons. The van der Waals surface area contributed by atoms with Crippen LogP contribution in [0.1, 0.15) is 18.9 Å². The summed E-state index contributed by atoms with van der Waals surface area (Å²) >= 11 is 3.50. The number of nitrogens with two attached hydrogens (primary N) is 1. The Morgan fingerprint density at radius 1 is 1.50 bits per heavy atom. The third-order valence-electron chi connectivity index (χ3n) is 2.58. The Morgan fingerprint density at radius 3 is 2.69 bits per heavy atom. The van der Waals surface area contributed by atoms with Crippen molar-refractivity contribution < 1.29 is 5.11 Å². The third-order valence-corrected chi connectivity index (χ3v) is 3.32. The van der Waals surface area contributed by atoms with Gasteiger partial charge in [-0.1, -0.05) is 22.0 Å². The molecule has 0 aliphatic carbocycles. The van der Waals surface area contributed by atoms with Crippen LogP contribution in [0.15, 0.2) is 22.7 Å². The monoisotopic (exact) mass is 286 g/mol. The average Bonchev–Trinajstić information content (AvgIpc) is 2.25. The van der Waals surface area contributed by atoms with Gasteiger partial charge in [-0.15, -0.1) is 0 Å². The molecule has 0 radical (unpaired) electrons. The maximum absolute atomic E-state index is 9.23. The van der Waals surface area contributed by atoms with Crippen LogP contribution >= 0.6 is 15.9 Å². The molecule has 0 aliphatic heterocycles. The molecule has 16 heavy (non-hydrogen) atoms. The highest BCUT2D eigenvalue weighted by molar-refractivity contribution is 9.10. The number of nitrogens with zero attached hydrogens (tertiary/aromatic N) is 1. The van der Waals surface area contributed by atoms with Gasteiger partial charge >= 0.3 is 0 Å². The van der Waals surface area contributed by atoms with Crippen LogP contribution in [0.3, 0.4) is 0 Å². The molecule has 0 spiro atoms. The van der Waals surface area contributed by atoms with E-state index in [0.717, 1.165) is 28.7 Å². The zero-order valence-corrected chi connectivity index (χ0v) is 11.4. The van der Waals surface area contributed by atoms with Crippen molar-refractivity contribution in [3.05, 3.63) is 28.2 Å². The maximum Gasteiger partial charge on any atom is 0.0528 e. The molecule has 3 N–H and O–H groups in total. The first-order chi connectivity index (χ1) is 7.54. The fraction of sp³-hybridized carbons (Fsp3) is 0.500. The van der Waals surface area contributed by atoms with Crippen LogP contribution in [0.2, 0.25) is 0 Å². The fourth-order valence-corrected chi connectivity index (χ4v) is 1.98. The van der Waals surface area contributed by atoms with Crippen LogP contribution in [-0.4, -0.2) is 24.8 Å². The van der Waals surface area contributed by atoms with Crippen molar-refractivity contribution in [2.45, 2.75) is 26.0 Å². The largest absolute Gasteiger partial charge is 0.393 e. The van der Waals surface area contributed by atoms with Gasteiger partial charge < -0.3 is 15.7 Å². The van der Waals surface area contributed by atoms with E-state index in [2.05, 4.69) is 33.0 Å². The Hall–Kier alpha value is -0.580. The first kappa shape index (κ1) is 13.5. The van der Waals surface area contributed by atoms with Gasteiger partial charge in [0, 0.05) is 30.3 Å². The van der Waals surface area contributed by atoms with Crippen LogP contribution in [0.25, 0.3) is 0 Å². The second-order valence-corrected chi connectivity index (χ2v) is 4.89. The lowest BCUT2D eigenvalue weighted by Crippen LogP contribution is -2.21. The van der Waals surface area contributed by atoms with Gasteiger partial charge in [0.2, 0.25) is 0 Å². The van der Waals surface area contributed by atoms with Crippen LogP contribution in [-0.2, 0) is 6.54 Å². The van der Waals surface area contributed by atoms with Gasteiger partial charge in [-0.3, -0.25) is 0 Å². The highest BCUT2D eigenvalue weighted by Gasteiger charge is 2.05. The summed E-state index contributed by atoms with van der Waals surface area (Å²) in [4.78, 5) is 2.12. The second kappa shape index (κ2) is 6.23. The van der Waals surface area contributed by atoms with E-state index in [9.17, 15) is 5.11 Å². The summed E-state index contributed by atoms with van der Waals surface area (Å²) in [6, 6.07) is 6.14. The van der Waals surface area contributed by atoms with Crippen LogP contribution in [0.5, 0.6) is 0 Å². The van der Waals surface area contributed by atoms with E-state index in [0.29, 0.717) is 6.54 Å². The quantitative estimate of drug-likeness (QED) is 0.872. The predicted molar refractivity (Wildman–Crippen MR) is 71.6 cm³/mol. The van der Waals surface area contributed by atoms with Gasteiger partial charge in [-0.2, -0.15) is 0 Å². The van der Waals surface area contributed by atoms with Gasteiger partial charge in [0.1, 0.15) is 0 Å². The van der Waals surface area contributed by atoms with Crippen molar-refractivity contribution in [3.8, 4) is 0 Å². The van der Waals surface area contributed by atoms with E-state index in [1.165, 1.54) is 0 Å². The van der Waals surface area contributed by atoms with E-state index >= 15 is 0 Å². The van der Waals surface area contributed by atoms with Crippen molar-refractivity contribution in [2.75, 3.05) is 18.5 Å². The van der Waals surface area contributed by atoms with E-state index < -0.39 is 0 Å². The second-order valence-electron chi connectivity index (χ2n) is 4.04. The molecule has 1 aromatic rings. The molecule has 1 unspecified atom stereocenters. The molecule has 0 bridgehead atoms. The van der Waals surface area contributed by atoms with E-state index in [1.54, 1.807) is 6.92 Å². The van der Waals surface area contributed by atoms with Crippen LogP contribution in [0.4, 0.5) is 5.69 Å². The molecule has 0 aliphatic rings. The van der Waals surface area contributed by atoms with Gasteiger partial charge in [0.25, 0.3) is 0 Å². The number of rotatable bonds is 5. The molecule has 4 heteroatoms. The summed E-state index contributed by atoms with van der Waals surface area (Å²) in [5.74, 6) is 0. The lowest BCUT2D eigenvalue weighted by atomic mass is 10.2. The number of halogens is 1. The molecule has 0 amide bonds. The van der Waals surface area contributed by atoms with Crippen molar-refractivity contribution in [3.63, 3.8) is 0 Å².